The lowest BCUT2D eigenvalue weighted by molar-refractivity contribution is -0.140. The van der Waals surface area contributed by atoms with Gasteiger partial charge in [-0.25, -0.2) is 0 Å². The second-order valence-electron chi connectivity index (χ2n) is 8.08. The SMILES string of the molecule is CCCCOc1ccc(C(O)=C2C(=O)C(=O)N(CCCOC)[C@@H]2c2cccc(Br)c2)cc1C. The molecule has 1 heterocycles. The van der Waals surface area contributed by atoms with Crippen LogP contribution < -0.4 is 4.74 Å². The number of benzene rings is 2. The average Bonchev–Trinajstić information content (AvgIpc) is 3.05. The fourth-order valence-corrected chi connectivity index (χ4v) is 4.37. The standard InChI is InChI=1S/C26H30BrNO5/c1-4-5-14-33-21-11-10-19(15-17(21)2)24(29)22-23(18-8-6-9-20(27)16-18)28(12-7-13-32-3)26(31)25(22)30/h6,8-11,15-16,23,29H,4-5,7,12-14H2,1-3H3/t23-/m1/s1. The zero-order valence-corrected chi connectivity index (χ0v) is 20.9. The van der Waals surface area contributed by atoms with Crippen LogP contribution in [-0.2, 0) is 14.3 Å². The van der Waals surface area contributed by atoms with Crippen LogP contribution in [-0.4, -0.2) is 48.6 Å². The summed E-state index contributed by atoms with van der Waals surface area (Å²) in [5.41, 5.74) is 2.17. The molecule has 1 fully saturated rings. The fourth-order valence-electron chi connectivity index (χ4n) is 3.95. The molecule has 1 aliphatic heterocycles. The Morgan fingerprint density at radius 2 is 1.91 bits per heavy atom. The first kappa shape index (κ1) is 25.0. The second kappa shape index (κ2) is 11.5. The maximum absolute atomic E-state index is 13.1. The molecular formula is C26H30BrNO5. The molecule has 0 aromatic heterocycles. The van der Waals surface area contributed by atoms with Crippen molar-refractivity contribution in [3.63, 3.8) is 0 Å². The lowest BCUT2D eigenvalue weighted by Gasteiger charge is -2.25. The quantitative estimate of drug-likeness (QED) is 0.198. The number of hydrogen-bond acceptors (Lipinski definition) is 5. The Balaban J connectivity index is 2.04. The summed E-state index contributed by atoms with van der Waals surface area (Å²) >= 11 is 3.47. The van der Waals surface area contributed by atoms with E-state index in [9.17, 15) is 14.7 Å². The topological polar surface area (TPSA) is 76.1 Å². The van der Waals surface area contributed by atoms with E-state index >= 15 is 0 Å². The predicted molar refractivity (Wildman–Crippen MR) is 131 cm³/mol. The molecule has 0 bridgehead atoms. The van der Waals surface area contributed by atoms with Crippen molar-refractivity contribution in [3.05, 3.63) is 69.2 Å². The van der Waals surface area contributed by atoms with Crippen molar-refractivity contribution in [1.82, 2.24) is 4.90 Å². The number of ketones is 1. The Hall–Kier alpha value is -2.64. The first-order chi connectivity index (χ1) is 15.9. The molecule has 0 unspecified atom stereocenters. The highest BCUT2D eigenvalue weighted by Crippen LogP contribution is 2.40. The molecule has 3 rings (SSSR count). The molecule has 1 N–H and O–H groups in total. The molecule has 0 aliphatic carbocycles. The van der Waals surface area contributed by atoms with Crippen molar-refractivity contribution in [2.24, 2.45) is 0 Å². The van der Waals surface area contributed by atoms with E-state index in [1.165, 1.54) is 4.90 Å². The summed E-state index contributed by atoms with van der Waals surface area (Å²) in [7, 11) is 1.60. The molecule has 33 heavy (non-hydrogen) atoms. The number of carbonyl (C=O) groups is 2. The Morgan fingerprint density at radius 3 is 2.58 bits per heavy atom. The number of ether oxygens (including phenoxy) is 2. The Bertz CT molecular complexity index is 1050. The molecule has 2 aromatic rings. The van der Waals surface area contributed by atoms with Crippen LogP contribution in [0.4, 0.5) is 0 Å². The van der Waals surface area contributed by atoms with E-state index in [4.69, 9.17) is 9.47 Å². The predicted octanol–water partition coefficient (Wildman–Crippen LogP) is 5.39. The van der Waals surface area contributed by atoms with Crippen LogP contribution >= 0.6 is 15.9 Å². The molecule has 0 spiro atoms. The number of methoxy groups -OCH3 is 1. The van der Waals surface area contributed by atoms with Gasteiger partial charge in [0.25, 0.3) is 11.7 Å². The molecule has 1 atom stereocenters. The molecule has 0 saturated carbocycles. The number of hydrogen-bond donors (Lipinski definition) is 1. The third-order valence-corrected chi connectivity index (χ3v) is 6.15. The minimum atomic E-state index is -0.684. The molecule has 1 aliphatic rings. The van der Waals surface area contributed by atoms with Crippen LogP contribution in [0.2, 0.25) is 0 Å². The van der Waals surface area contributed by atoms with Crippen molar-refractivity contribution in [2.75, 3.05) is 26.9 Å². The van der Waals surface area contributed by atoms with Crippen LogP contribution in [0.25, 0.3) is 5.76 Å². The van der Waals surface area contributed by atoms with E-state index in [1.807, 2.05) is 31.2 Å². The number of Topliss-reactive ketones (excluding diaryl/α,β-unsaturated/α-hetero) is 1. The monoisotopic (exact) mass is 515 g/mol. The Morgan fingerprint density at radius 1 is 1.12 bits per heavy atom. The molecule has 2 aromatic carbocycles. The molecule has 6 nitrogen and oxygen atoms in total. The van der Waals surface area contributed by atoms with Gasteiger partial charge in [0.15, 0.2) is 0 Å². The summed E-state index contributed by atoms with van der Waals surface area (Å²) in [6.45, 7) is 5.43. The van der Waals surface area contributed by atoms with E-state index in [-0.39, 0.29) is 11.3 Å². The fraction of sp³-hybridized carbons (Fsp3) is 0.385. The highest BCUT2D eigenvalue weighted by molar-refractivity contribution is 9.10. The second-order valence-corrected chi connectivity index (χ2v) is 8.99. The van der Waals surface area contributed by atoms with Crippen LogP contribution in [0.3, 0.4) is 0 Å². The molecule has 0 radical (unpaired) electrons. The Labute approximate surface area is 203 Å². The maximum Gasteiger partial charge on any atom is 0.295 e. The number of nitrogens with zero attached hydrogens (tertiary/aromatic N) is 1. The van der Waals surface area contributed by atoms with E-state index < -0.39 is 17.7 Å². The maximum atomic E-state index is 13.1. The minimum absolute atomic E-state index is 0.0922. The average molecular weight is 516 g/mol. The Kier molecular flexibility index (Phi) is 8.69. The van der Waals surface area contributed by atoms with Gasteiger partial charge in [0.1, 0.15) is 11.5 Å². The lowest BCUT2D eigenvalue weighted by Crippen LogP contribution is -2.31. The largest absolute Gasteiger partial charge is 0.507 e. The van der Waals surface area contributed by atoms with Gasteiger partial charge >= 0.3 is 0 Å². The molecule has 176 valence electrons. The van der Waals surface area contributed by atoms with Gasteiger partial charge in [-0.1, -0.05) is 41.4 Å². The van der Waals surface area contributed by atoms with Crippen LogP contribution in [0.1, 0.15) is 48.9 Å². The number of rotatable bonds is 10. The number of aryl methyl sites for hydroxylation is 1. The minimum Gasteiger partial charge on any atom is -0.507 e. The highest BCUT2D eigenvalue weighted by Gasteiger charge is 2.45. The number of aliphatic hydroxyl groups excluding tert-OH is 1. The van der Waals surface area contributed by atoms with Crippen LogP contribution in [0, 0.1) is 6.92 Å². The van der Waals surface area contributed by atoms with E-state index in [0.29, 0.717) is 31.7 Å². The third kappa shape index (κ3) is 5.65. The van der Waals surface area contributed by atoms with Gasteiger partial charge < -0.3 is 19.5 Å². The van der Waals surface area contributed by atoms with E-state index in [2.05, 4.69) is 22.9 Å². The number of amides is 1. The summed E-state index contributed by atoms with van der Waals surface area (Å²) in [5, 5.41) is 11.2. The summed E-state index contributed by atoms with van der Waals surface area (Å²) in [5.74, 6) is -0.746. The van der Waals surface area contributed by atoms with Gasteiger partial charge in [-0.05, 0) is 61.2 Å². The van der Waals surface area contributed by atoms with Gasteiger partial charge in [0, 0.05) is 30.3 Å². The summed E-state index contributed by atoms with van der Waals surface area (Å²) in [6.07, 6.45) is 2.58. The van der Waals surface area contributed by atoms with Gasteiger partial charge in [0.2, 0.25) is 0 Å². The number of unbranched alkanes of at least 4 members (excludes halogenated alkanes) is 1. The first-order valence-electron chi connectivity index (χ1n) is 11.2. The molecule has 1 saturated heterocycles. The molecular weight excluding hydrogens is 486 g/mol. The summed E-state index contributed by atoms with van der Waals surface area (Å²) in [4.78, 5) is 27.5. The number of aliphatic hydroxyl groups is 1. The van der Waals surface area contributed by atoms with Gasteiger partial charge in [-0.2, -0.15) is 0 Å². The molecule has 7 heteroatoms. The first-order valence-corrected chi connectivity index (χ1v) is 11.9. The van der Waals surface area contributed by atoms with Gasteiger partial charge in [0.05, 0.1) is 18.2 Å². The number of likely N-dealkylation sites (tertiary alicyclic amines) is 1. The number of halogens is 1. The number of carbonyl (C=O) groups excluding carboxylic acids is 2. The van der Waals surface area contributed by atoms with Crippen molar-refractivity contribution >= 4 is 33.4 Å². The van der Waals surface area contributed by atoms with E-state index in [1.54, 1.807) is 25.3 Å². The summed E-state index contributed by atoms with van der Waals surface area (Å²) < 4.78 is 11.8. The van der Waals surface area contributed by atoms with Gasteiger partial charge in [-0.3, -0.25) is 9.59 Å². The van der Waals surface area contributed by atoms with E-state index in [0.717, 1.165) is 34.2 Å². The smallest absolute Gasteiger partial charge is 0.295 e. The van der Waals surface area contributed by atoms with Crippen molar-refractivity contribution in [3.8, 4) is 5.75 Å². The molecule has 1 amide bonds. The van der Waals surface area contributed by atoms with Crippen LogP contribution in [0.15, 0.2) is 52.5 Å². The zero-order valence-electron chi connectivity index (χ0n) is 19.3. The summed E-state index contributed by atoms with van der Waals surface area (Å²) in [6, 6.07) is 12.1. The van der Waals surface area contributed by atoms with Crippen molar-refractivity contribution in [1.29, 1.82) is 0 Å². The van der Waals surface area contributed by atoms with Crippen molar-refractivity contribution in [2.45, 2.75) is 39.2 Å². The van der Waals surface area contributed by atoms with Crippen molar-refractivity contribution < 1.29 is 24.2 Å². The highest BCUT2D eigenvalue weighted by atomic mass is 79.9. The van der Waals surface area contributed by atoms with Crippen LogP contribution in [0.5, 0.6) is 5.75 Å². The zero-order chi connectivity index (χ0) is 24.0. The normalized spacial score (nSPS) is 17.6. The third-order valence-electron chi connectivity index (χ3n) is 5.66. The van der Waals surface area contributed by atoms with Gasteiger partial charge in [-0.15, -0.1) is 0 Å². The lowest BCUT2D eigenvalue weighted by atomic mass is 9.95.